The topological polar surface area (TPSA) is 47.4 Å². The van der Waals surface area contributed by atoms with Gasteiger partial charge in [-0.2, -0.15) is 0 Å². The highest BCUT2D eigenvalue weighted by molar-refractivity contribution is 7.98. The number of rotatable bonds is 5. The Hall–Kier alpha value is -2.03. The zero-order valence-electron chi connectivity index (χ0n) is 18.1. The molecule has 0 unspecified atom stereocenters. The minimum absolute atomic E-state index is 0.0417. The maximum atomic E-state index is 13.9. The molecule has 0 bridgehead atoms. The molecule has 0 saturated heterocycles. The number of aromatic nitrogens is 2. The van der Waals surface area contributed by atoms with Gasteiger partial charge >= 0.3 is 0 Å². The summed E-state index contributed by atoms with van der Waals surface area (Å²) in [6.07, 6.45) is 0.854. The second-order valence-electron chi connectivity index (χ2n) is 7.89. The van der Waals surface area contributed by atoms with Gasteiger partial charge in [0, 0.05) is 33.8 Å². The van der Waals surface area contributed by atoms with Crippen molar-refractivity contribution < 1.29 is 4.74 Å². The van der Waals surface area contributed by atoms with Crippen LogP contribution in [0.2, 0.25) is 10.0 Å². The van der Waals surface area contributed by atoms with E-state index in [0.717, 1.165) is 52.3 Å². The van der Waals surface area contributed by atoms with Crippen molar-refractivity contribution in [3.05, 3.63) is 78.9 Å². The lowest BCUT2D eigenvalue weighted by atomic mass is 10.1. The smallest absolute Gasteiger partial charge is 0.267 e. The van der Waals surface area contributed by atoms with Crippen LogP contribution in [0.1, 0.15) is 16.0 Å². The molecule has 3 heterocycles. The number of thiophene rings is 1. The Bertz CT molecular complexity index is 1380. The molecule has 4 aromatic rings. The van der Waals surface area contributed by atoms with Gasteiger partial charge in [0.2, 0.25) is 0 Å². The summed E-state index contributed by atoms with van der Waals surface area (Å²) in [6, 6.07) is 12.9. The normalized spacial score (nSPS) is 13.9. The summed E-state index contributed by atoms with van der Waals surface area (Å²) in [5.41, 5.74) is 2.67. The molecule has 0 saturated carbocycles. The predicted octanol–water partition coefficient (Wildman–Crippen LogP) is 6.04. The number of hydrogen-bond acceptors (Lipinski definition) is 6. The highest BCUT2D eigenvalue weighted by Crippen LogP contribution is 2.36. The maximum Gasteiger partial charge on any atom is 0.267 e. The van der Waals surface area contributed by atoms with Crippen LogP contribution in [0.5, 0.6) is 5.75 Å². The first-order valence-corrected chi connectivity index (χ1v) is 13.0. The molecule has 0 aliphatic carbocycles. The van der Waals surface area contributed by atoms with Crippen molar-refractivity contribution in [1.82, 2.24) is 14.5 Å². The van der Waals surface area contributed by atoms with Crippen LogP contribution in [0.3, 0.4) is 0 Å². The molecule has 2 aromatic heterocycles. The Morgan fingerprint density at radius 1 is 1.15 bits per heavy atom. The highest BCUT2D eigenvalue weighted by Gasteiger charge is 2.24. The summed E-state index contributed by atoms with van der Waals surface area (Å²) in [4.78, 5) is 23.1. The summed E-state index contributed by atoms with van der Waals surface area (Å²) in [6.45, 7) is 1.78. The molecule has 9 heteroatoms. The van der Waals surface area contributed by atoms with Crippen molar-refractivity contribution in [3.8, 4) is 11.4 Å². The van der Waals surface area contributed by atoms with Crippen molar-refractivity contribution in [3.63, 3.8) is 0 Å². The molecule has 0 amide bonds. The van der Waals surface area contributed by atoms with Gasteiger partial charge in [-0.3, -0.25) is 9.36 Å². The van der Waals surface area contributed by atoms with E-state index in [1.54, 1.807) is 23.0 Å². The van der Waals surface area contributed by atoms with E-state index in [2.05, 4.69) is 11.9 Å². The maximum absolute atomic E-state index is 13.9. The first-order valence-electron chi connectivity index (χ1n) is 10.4. The number of nitrogens with zero attached hydrogens (tertiary/aromatic N) is 3. The summed E-state index contributed by atoms with van der Waals surface area (Å²) >= 11 is 15.9. The lowest BCUT2D eigenvalue weighted by Gasteiger charge is -2.21. The summed E-state index contributed by atoms with van der Waals surface area (Å²) < 4.78 is 7.00. The van der Waals surface area contributed by atoms with E-state index in [4.69, 9.17) is 32.9 Å². The van der Waals surface area contributed by atoms with Gasteiger partial charge in [-0.05, 0) is 61.0 Å². The number of hydrogen-bond donors (Lipinski definition) is 0. The van der Waals surface area contributed by atoms with Gasteiger partial charge in [0.25, 0.3) is 5.56 Å². The average Bonchev–Trinajstić information content (AvgIpc) is 3.16. The molecule has 1 aliphatic heterocycles. The van der Waals surface area contributed by atoms with Crippen molar-refractivity contribution in [2.45, 2.75) is 23.9 Å². The molecule has 5 nitrogen and oxygen atoms in total. The number of benzene rings is 2. The van der Waals surface area contributed by atoms with Gasteiger partial charge < -0.3 is 9.64 Å². The molecule has 0 radical (unpaired) electrons. The number of halogens is 2. The third-order valence-corrected chi connectivity index (χ3v) is 8.56. The Balaban J connectivity index is 1.66. The molecule has 5 rings (SSSR count). The third-order valence-electron chi connectivity index (χ3n) is 5.77. The summed E-state index contributed by atoms with van der Waals surface area (Å²) in [5, 5.41) is 2.55. The zero-order chi connectivity index (χ0) is 23.1. The van der Waals surface area contributed by atoms with E-state index in [0.29, 0.717) is 21.0 Å². The largest absolute Gasteiger partial charge is 0.497 e. The van der Waals surface area contributed by atoms with Crippen LogP contribution in [-0.4, -0.2) is 35.2 Å². The van der Waals surface area contributed by atoms with Gasteiger partial charge in [0.05, 0.1) is 18.2 Å². The highest BCUT2D eigenvalue weighted by atomic mass is 35.5. The summed E-state index contributed by atoms with van der Waals surface area (Å²) in [5.74, 6) is 1.23. The van der Waals surface area contributed by atoms with Crippen LogP contribution in [0, 0.1) is 0 Å². The molecule has 170 valence electrons. The Morgan fingerprint density at radius 3 is 2.58 bits per heavy atom. The molecule has 2 aromatic carbocycles. The lowest BCUT2D eigenvalue weighted by molar-refractivity contribution is 0.318. The van der Waals surface area contributed by atoms with E-state index in [1.165, 1.54) is 16.6 Å². The van der Waals surface area contributed by atoms with Crippen molar-refractivity contribution in [1.29, 1.82) is 0 Å². The molecular formula is C24H21Cl2N3O2S2. The van der Waals surface area contributed by atoms with Crippen LogP contribution in [-0.2, 0) is 18.7 Å². The minimum atomic E-state index is -0.0417. The fourth-order valence-corrected chi connectivity index (χ4v) is 7.11. The minimum Gasteiger partial charge on any atom is -0.497 e. The average molecular weight is 518 g/mol. The SMILES string of the molecule is COc1ccc(-n2c(SCc3c(Cl)cccc3Cl)nc3sc4c(c3c2=O)CCN(C)C4)cc1. The molecule has 0 fully saturated rings. The second-order valence-corrected chi connectivity index (χ2v) is 10.7. The molecule has 0 atom stereocenters. The lowest BCUT2D eigenvalue weighted by Crippen LogP contribution is -2.27. The molecule has 0 spiro atoms. The van der Waals surface area contributed by atoms with E-state index >= 15 is 0 Å². The van der Waals surface area contributed by atoms with E-state index in [-0.39, 0.29) is 5.56 Å². The fourth-order valence-electron chi connectivity index (χ4n) is 4.01. The van der Waals surface area contributed by atoms with Crippen molar-refractivity contribution in [2.24, 2.45) is 0 Å². The van der Waals surface area contributed by atoms with Crippen LogP contribution < -0.4 is 10.3 Å². The van der Waals surface area contributed by atoms with Gasteiger partial charge in [0.15, 0.2) is 5.16 Å². The quantitative estimate of drug-likeness (QED) is 0.238. The summed E-state index contributed by atoms with van der Waals surface area (Å²) in [7, 11) is 3.73. The third kappa shape index (κ3) is 4.29. The second kappa shape index (κ2) is 9.31. The van der Waals surface area contributed by atoms with Crippen molar-refractivity contribution in [2.75, 3.05) is 20.7 Å². The number of thioether (sulfide) groups is 1. The Morgan fingerprint density at radius 2 is 1.88 bits per heavy atom. The van der Waals surface area contributed by atoms with Crippen molar-refractivity contribution >= 4 is 56.5 Å². The molecule has 0 N–H and O–H groups in total. The van der Waals surface area contributed by atoms with Gasteiger partial charge in [-0.15, -0.1) is 11.3 Å². The number of likely N-dealkylation sites (N-methyl/N-ethyl adjacent to an activating group) is 1. The molecule has 33 heavy (non-hydrogen) atoms. The predicted molar refractivity (Wildman–Crippen MR) is 138 cm³/mol. The zero-order valence-corrected chi connectivity index (χ0v) is 21.2. The number of fused-ring (bicyclic) bond motifs is 3. The Labute approximate surface area is 209 Å². The monoisotopic (exact) mass is 517 g/mol. The Kier molecular flexibility index (Phi) is 6.42. The standard InChI is InChI=1S/C24H21Cl2N3O2S2/c1-28-11-10-16-20(12-28)33-22-21(16)23(30)29(14-6-8-15(31-2)9-7-14)24(27-22)32-13-17-18(25)4-3-5-19(17)26/h3-9H,10-13H2,1-2H3. The first kappa shape index (κ1) is 22.7. The first-order chi connectivity index (χ1) is 16.0. The van der Waals surface area contributed by atoms with Gasteiger partial charge in [-0.1, -0.05) is 41.0 Å². The fraction of sp³-hybridized carbons (Fsp3) is 0.250. The molecular weight excluding hydrogens is 497 g/mol. The molecule has 1 aliphatic rings. The number of ether oxygens (including phenoxy) is 1. The van der Waals surface area contributed by atoms with E-state index < -0.39 is 0 Å². The van der Waals surface area contributed by atoms with Crippen LogP contribution in [0.4, 0.5) is 0 Å². The van der Waals surface area contributed by atoms with Gasteiger partial charge in [-0.25, -0.2) is 4.98 Å². The van der Waals surface area contributed by atoms with Gasteiger partial charge in [0.1, 0.15) is 10.6 Å². The van der Waals surface area contributed by atoms with Crippen LogP contribution in [0.15, 0.2) is 52.4 Å². The van der Waals surface area contributed by atoms with Crippen LogP contribution >= 0.6 is 46.3 Å². The number of methoxy groups -OCH3 is 1. The van der Waals surface area contributed by atoms with Crippen LogP contribution in [0.25, 0.3) is 15.9 Å². The van der Waals surface area contributed by atoms with E-state index in [9.17, 15) is 4.79 Å². The van der Waals surface area contributed by atoms with E-state index in [1.807, 2.05) is 42.5 Å².